The Bertz CT molecular complexity index is 2730. The van der Waals surface area contributed by atoms with E-state index in [4.69, 9.17) is 30.4 Å². The number of benzene rings is 2. The minimum absolute atomic E-state index is 0.0509. The lowest BCUT2D eigenvalue weighted by atomic mass is 9.96. The number of nitrogen functional groups attached to an aromatic ring is 2. The lowest BCUT2D eigenvalue weighted by molar-refractivity contribution is 0.0918. The van der Waals surface area contributed by atoms with E-state index in [1.165, 1.54) is 27.3 Å². The van der Waals surface area contributed by atoms with Gasteiger partial charge < -0.3 is 39.9 Å². The highest BCUT2D eigenvalue weighted by Gasteiger charge is 2.30. The van der Waals surface area contributed by atoms with Crippen LogP contribution in [0.2, 0.25) is 0 Å². The first-order chi connectivity index (χ1) is 26.9. The fourth-order valence-electron chi connectivity index (χ4n) is 5.89. The summed E-state index contributed by atoms with van der Waals surface area (Å²) >= 11 is 0. The van der Waals surface area contributed by atoms with Gasteiger partial charge in [-0.3, -0.25) is 18.5 Å². The van der Waals surface area contributed by atoms with E-state index in [1.54, 1.807) is 31.1 Å². The number of aryl methyl sites for hydroxylation is 1. The molecule has 2 aromatic carbocycles. The average Bonchev–Trinajstić information content (AvgIpc) is 3.09. The van der Waals surface area contributed by atoms with Gasteiger partial charge >= 0.3 is 6.16 Å². The molecule has 4 aromatic rings. The van der Waals surface area contributed by atoms with Crippen LogP contribution in [0.15, 0.2) is 29.2 Å². The van der Waals surface area contributed by atoms with Crippen molar-refractivity contribution < 1.29 is 62.7 Å². The van der Waals surface area contributed by atoms with Crippen LogP contribution in [0, 0.1) is 11.8 Å². The molecule has 24 heteroatoms. The van der Waals surface area contributed by atoms with Crippen molar-refractivity contribution in [2.24, 2.45) is 0 Å². The van der Waals surface area contributed by atoms with E-state index in [0.29, 0.717) is 11.1 Å². The number of methoxy groups -OCH3 is 2. The summed E-state index contributed by atoms with van der Waals surface area (Å²) in [4.78, 5) is 36.6. The van der Waals surface area contributed by atoms with Gasteiger partial charge in [0, 0.05) is 36.8 Å². The second-order valence-corrected chi connectivity index (χ2v) is 17.1. The summed E-state index contributed by atoms with van der Waals surface area (Å²) < 4.78 is 127. The molecule has 314 valence electrons. The normalized spacial score (nSPS) is 11.9. The van der Waals surface area contributed by atoms with Gasteiger partial charge in [0.1, 0.15) is 29.7 Å². The molecule has 7 N–H and O–H groups in total. The SMILES string of the molecule is CCn1c(CS(=O)(=O)O)c(OC(=O)OCCN(C)C)c(=O)c2c(CS(=O)(=O)O)c(CS(=O)(=O)O)c(C#Cc3cc(Cc4cnc(N)nc4N)cc(OC)c3OC)cc21. The van der Waals surface area contributed by atoms with Gasteiger partial charge in [0.15, 0.2) is 11.5 Å². The molecular weight excluding hydrogens is 829 g/mol. The van der Waals surface area contributed by atoms with E-state index < -0.39 is 87.2 Å². The van der Waals surface area contributed by atoms with Crippen molar-refractivity contribution in [3.8, 4) is 29.1 Å². The van der Waals surface area contributed by atoms with Crippen LogP contribution in [0.4, 0.5) is 16.6 Å². The summed E-state index contributed by atoms with van der Waals surface area (Å²) in [6, 6.07) is 4.27. The van der Waals surface area contributed by atoms with Crippen LogP contribution in [0.3, 0.4) is 0 Å². The zero-order chi connectivity index (χ0) is 43.3. The lowest BCUT2D eigenvalue weighted by Crippen LogP contribution is -2.27. The molecule has 0 fully saturated rings. The number of nitrogens with zero attached hydrogens (tertiary/aromatic N) is 4. The molecule has 0 unspecified atom stereocenters. The maximum atomic E-state index is 14.3. The number of pyridine rings is 1. The van der Waals surface area contributed by atoms with Gasteiger partial charge in [-0.2, -0.15) is 30.2 Å². The molecule has 0 bridgehead atoms. The van der Waals surface area contributed by atoms with Crippen molar-refractivity contribution >= 4 is 59.2 Å². The first kappa shape index (κ1) is 45.2. The van der Waals surface area contributed by atoms with Crippen LogP contribution in [-0.4, -0.2) is 106 Å². The number of rotatable bonds is 15. The van der Waals surface area contributed by atoms with Crippen molar-refractivity contribution in [2.45, 2.75) is 37.1 Å². The topological polar surface area (TPSA) is 320 Å². The van der Waals surface area contributed by atoms with Gasteiger partial charge in [-0.05, 0) is 55.9 Å². The van der Waals surface area contributed by atoms with E-state index in [9.17, 15) is 48.5 Å². The van der Waals surface area contributed by atoms with E-state index in [-0.39, 0.29) is 66.0 Å². The van der Waals surface area contributed by atoms with Gasteiger partial charge in [0.05, 0.1) is 36.4 Å². The molecule has 0 aliphatic carbocycles. The molecule has 21 nitrogen and oxygen atoms in total. The summed E-state index contributed by atoms with van der Waals surface area (Å²) in [6.45, 7) is 1.18. The second kappa shape index (κ2) is 17.9. The molecule has 0 radical (unpaired) electrons. The molecule has 0 atom stereocenters. The number of ether oxygens (including phenoxy) is 4. The number of nitrogens with two attached hydrogens (primary N) is 2. The quantitative estimate of drug-likeness (QED) is 0.0637. The monoisotopic (exact) mass is 868 g/mol. The van der Waals surface area contributed by atoms with Gasteiger partial charge in [-0.25, -0.2) is 9.78 Å². The lowest BCUT2D eigenvalue weighted by Gasteiger charge is -2.22. The number of likely N-dealkylation sites (N-methyl/N-ethyl adjacent to an activating group) is 1. The zero-order valence-corrected chi connectivity index (χ0v) is 34.1. The average molecular weight is 869 g/mol. The molecule has 0 saturated carbocycles. The predicted octanol–water partition coefficient (Wildman–Crippen LogP) is 1.22. The Balaban J connectivity index is 2.14. The fraction of sp³-hybridized carbons (Fsp3) is 0.353. The molecule has 0 aliphatic rings. The molecular formula is C34H40N6O15S3. The zero-order valence-electron chi connectivity index (χ0n) is 31.7. The highest BCUT2D eigenvalue weighted by molar-refractivity contribution is 7.85. The standard InChI is InChI=1S/C34H40N6O15S3/c1-6-40-25-14-20(7-8-21-11-19(13-27(52-4)30(21)53-5)12-22-15-37-33(36)38-32(22)35)23(16-56(43,44)45)24(17-57(46,47)48)28(25)29(41)31(26(40)18-58(49,50)51)55-34(42)54-10-9-39(2)3/h11,13-15H,6,9-10,12,16-18H2,1-5H3,(H,43,44,45)(H,46,47,48)(H,49,50,51)(H4,35,36,37,38). The Morgan fingerprint density at radius 3 is 2.05 bits per heavy atom. The van der Waals surface area contributed by atoms with Gasteiger partial charge in [0.2, 0.25) is 17.1 Å². The second-order valence-electron chi connectivity index (χ2n) is 12.8. The van der Waals surface area contributed by atoms with Crippen LogP contribution >= 0.6 is 0 Å². The Morgan fingerprint density at radius 2 is 1.50 bits per heavy atom. The van der Waals surface area contributed by atoms with E-state index in [1.807, 2.05) is 0 Å². The Morgan fingerprint density at radius 1 is 0.879 bits per heavy atom. The van der Waals surface area contributed by atoms with E-state index >= 15 is 0 Å². The summed E-state index contributed by atoms with van der Waals surface area (Å²) in [5.41, 5.74) is 8.95. The van der Waals surface area contributed by atoms with Crippen LogP contribution in [0.5, 0.6) is 17.2 Å². The number of anilines is 2. The van der Waals surface area contributed by atoms with E-state index in [2.05, 4.69) is 21.8 Å². The third-order valence-corrected chi connectivity index (χ3v) is 10.2. The smallest absolute Gasteiger partial charge is 0.493 e. The highest BCUT2D eigenvalue weighted by Crippen LogP contribution is 2.35. The van der Waals surface area contributed by atoms with Crippen LogP contribution in [-0.2, 0) is 65.3 Å². The summed E-state index contributed by atoms with van der Waals surface area (Å²) in [5.74, 6) is 0.755. The third-order valence-electron chi connectivity index (χ3n) is 8.25. The first-order valence-electron chi connectivity index (χ1n) is 16.7. The molecule has 58 heavy (non-hydrogen) atoms. The van der Waals surface area contributed by atoms with Gasteiger partial charge in [0.25, 0.3) is 30.4 Å². The number of aromatic nitrogens is 3. The molecule has 0 saturated heterocycles. The van der Waals surface area contributed by atoms with Crippen LogP contribution < -0.4 is 31.1 Å². The Kier molecular flexibility index (Phi) is 14.0. The minimum Gasteiger partial charge on any atom is -0.493 e. The van der Waals surface area contributed by atoms with Gasteiger partial charge in [-0.1, -0.05) is 11.8 Å². The molecule has 0 aliphatic heterocycles. The molecule has 4 rings (SSSR count). The maximum absolute atomic E-state index is 14.3. The fourth-order valence-corrected chi connectivity index (χ4v) is 7.90. The Hall–Kier alpha value is -5.55. The molecule has 0 amide bonds. The van der Waals surface area contributed by atoms with Crippen molar-refractivity contribution in [1.29, 1.82) is 0 Å². The van der Waals surface area contributed by atoms with Crippen LogP contribution in [0.1, 0.15) is 46.0 Å². The summed E-state index contributed by atoms with van der Waals surface area (Å²) in [5, 5.41) is -0.664. The minimum atomic E-state index is -5.13. The van der Waals surface area contributed by atoms with Crippen molar-refractivity contribution in [2.75, 3.05) is 52.9 Å². The van der Waals surface area contributed by atoms with Crippen molar-refractivity contribution in [3.63, 3.8) is 0 Å². The first-order valence-corrected chi connectivity index (χ1v) is 21.5. The highest BCUT2D eigenvalue weighted by atomic mass is 32.2. The Labute approximate surface area is 333 Å². The summed E-state index contributed by atoms with van der Waals surface area (Å²) in [6.07, 6.45) is 0.0745. The van der Waals surface area contributed by atoms with Crippen LogP contribution in [0.25, 0.3) is 10.9 Å². The predicted molar refractivity (Wildman–Crippen MR) is 209 cm³/mol. The van der Waals surface area contributed by atoms with Gasteiger partial charge in [-0.15, -0.1) is 0 Å². The largest absolute Gasteiger partial charge is 0.514 e. The molecule has 2 heterocycles. The van der Waals surface area contributed by atoms with E-state index in [0.717, 1.165) is 10.6 Å². The number of hydrogen-bond donors (Lipinski definition) is 5. The molecule has 2 aromatic heterocycles. The number of carbonyl (C=O) groups is 1. The third kappa shape index (κ3) is 11.5. The summed E-state index contributed by atoms with van der Waals surface area (Å²) in [7, 11) is -9.17. The number of fused-ring (bicyclic) bond motifs is 1. The maximum Gasteiger partial charge on any atom is 0.514 e. The van der Waals surface area contributed by atoms with Crippen molar-refractivity contribution in [3.05, 3.63) is 73.7 Å². The molecule has 0 spiro atoms. The number of hydrogen-bond acceptors (Lipinski definition) is 17. The van der Waals surface area contributed by atoms with Crippen molar-refractivity contribution in [1.82, 2.24) is 19.4 Å². The number of carbonyl (C=O) groups excluding carboxylic acids is 1.